The molecule has 106 valence electrons. The van der Waals surface area contributed by atoms with Crippen molar-refractivity contribution < 1.29 is 9.32 Å². The normalized spacial score (nSPS) is 11.0. The molecule has 21 heavy (non-hydrogen) atoms. The van der Waals surface area contributed by atoms with Gasteiger partial charge in [0.2, 0.25) is 5.78 Å². The Labute approximate surface area is 123 Å². The predicted octanol–water partition coefficient (Wildman–Crippen LogP) is 2.84. The summed E-state index contributed by atoms with van der Waals surface area (Å²) in [4.78, 5) is 14.1. The zero-order valence-corrected chi connectivity index (χ0v) is 12.1. The monoisotopic (exact) mass is 281 g/mol. The van der Waals surface area contributed by atoms with Gasteiger partial charge in [0.25, 0.3) is 0 Å². The summed E-state index contributed by atoms with van der Waals surface area (Å²) >= 11 is 0. The molecule has 0 bridgehead atoms. The van der Waals surface area contributed by atoms with Gasteiger partial charge in [-0.05, 0) is 30.7 Å². The van der Waals surface area contributed by atoms with E-state index in [4.69, 9.17) is 9.78 Å². The summed E-state index contributed by atoms with van der Waals surface area (Å²) in [6, 6.07) is 11.0. The lowest BCUT2D eigenvalue weighted by Gasteiger charge is -2.11. The molecule has 0 spiro atoms. The van der Waals surface area contributed by atoms with E-state index >= 15 is 0 Å². The van der Waals surface area contributed by atoms with Crippen molar-refractivity contribution in [1.82, 2.24) is 5.16 Å². The maximum Gasteiger partial charge on any atom is 0.225 e. The number of anilines is 1. The molecule has 0 aliphatic carbocycles. The van der Waals surface area contributed by atoms with Gasteiger partial charge in [-0.1, -0.05) is 17.3 Å². The fourth-order valence-corrected chi connectivity index (χ4v) is 1.80. The summed E-state index contributed by atoms with van der Waals surface area (Å²) in [5, 5.41) is 12.8. The van der Waals surface area contributed by atoms with Crippen LogP contribution in [0.25, 0.3) is 6.08 Å². The average Bonchev–Trinajstić information content (AvgIpc) is 2.91. The zero-order chi connectivity index (χ0) is 15.4. The number of ketones is 1. The van der Waals surface area contributed by atoms with Crippen LogP contribution in [0.4, 0.5) is 5.69 Å². The molecule has 0 radical (unpaired) electrons. The van der Waals surface area contributed by atoms with E-state index in [-0.39, 0.29) is 11.3 Å². The van der Waals surface area contributed by atoms with E-state index in [1.807, 2.05) is 49.3 Å². The first-order valence-corrected chi connectivity index (χ1v) is 6.38. The van der Waals surface area contributed by atoms with Crippen LogP contribution in [0.2, 0.25) is 0 Å². The second-order valence-corrected chi connectivity index (χ2v) is 4.81. The molecule has 0 saturated heterocycles. The largest absolute Gasteiger partial charge is 0.378 e. The van der Waals surface area contributed by atoms with Crippen LogP contribution >= 0.6 is 0 Å². The van der Waals surface area contributed by atoms with Crippen LogP contribution in [-0.2, 0) is 0 Å². The Balaban J connectivity index is 2.28. The molecule has 0 unspecified atom stereocenters. The highest BCUT2D eigenvalue weighted by atomic mass is 16.5. The molecule has 0 saturated carbocycles. The number of benzene rings is 1. The van der Waals surface area contributed by atoms with Gasteiger partial charge in [-0.3, -0.25) is 4.79 Å². The van der Waals surface area contributed by atoms with E-state index in [9.17, 15) is 4.79 Å². The van der Waals surface area contributed by atoms with Gasteiger partial charge in [0.15, 0.2) is 5.69 Å². The van der Waals surface area contributed by atoms with Gasteiger partial charge in [-0.15, -0.1) is 0 Å². The van der Waals surface area contributed by atoms with E-state index in [2.05, 4.69) is 5.16 Å². The lowest BCUT2D eigenvalue weighted by Crippen LogP contribution is -2.08. The first kappa shape index (κ1) is 14.5. The Morgan fingerprint density at radius 3 is 2.48 bits per heavy atom. The average molecular weight is 281 g/mol. The molecule has 0 atom stereocenters. The van der Waals surface area contributed by atoms with Crippen LogP contribution in [0.3, 0.4) is 0 Å². The molecular weight excluding hydrogens is 266 g/mol. The first-order valence-electron chi connectivity index (χ1n) is 6.38. The third-order valence-electron chi connectivity index (χ3n) is 2.95. The molecule has 5 nitrogen and oxygen atoms in total. The molecule has 2 aromatic rings. The molecular formula is C16H15N3O2. The zero-order valence-electron chi connectivity index (χ0n) is 12.1. The van der Waals surface area contributed by atoms with Crippen molar-refractivity contribution in [2.45, 2.75) is 6.92 Å². The standard InChI is InChI=1S/C16H15N3O2/c1-11-8-15(18-21-11)16(20)13(10-17)9-12-4-6-14(7-5-12)19(2)3/h4-9H,1-3H3. The molecule has 0 aliphatic rings. The Morgan fingerprint density at radius 1 is 1.33 bits per heavy atom. The number of allylic oxidation sites excluding steroid dienone is 1. The van der Waals surface area contributed by atoms with Gasteiger partial charge < -0.3 is 9.42 Å². The van der Waals surface area contributed by atoms with Crippen molar-refractivity contribution in [2.75, 3.05) is 19.0 Å². The van der Waals surface area contributed by atoms with Crippen molar-refractivity contribution >= 4 is 17.5 Å². The summed E-state index contributed by atoms with van der Waals surface area (Å²) in [7, 11) is 3.89. The highest BCUT2D eigenvalue weighted by Gasteiger charge is 2.16. The van der Waals surface area contributed by atoms with Gasteiger partial charge in [0, 0.05) is 25.8 Å². The van der Waals surface area contributed by atoms with E-state index in [0.29, 0.717) is 5.76 Å². The summed E-state index contributed by atoms with van der Waals surface area (Å²) in [6.45, 7) is 1.69. The maximum absolute atomic E-state index is 12.1. The number of Topliss-reactive ketones (excluding diaryl/α,β-unsaturated/α-hetero) is 1. The van der Waals surface area contributed by atoms with E-state index < -0.39 is 5.78 Å². The van der Waals surface area contributed by atoms with Crippen molar-refractivity contribution in [3.8, 4) is 6.07 Å². The number of carbonyl (C=O) groups excluding carboxylic acids is 1. The predicted molar refractivity (Wildman–Crippen MR) is 79.9 cm³/mol. The minimum Gasteiger partial charge on any atom is -0.378 e. The van der Waals surface area contributed by atoms with Crippen LogP contribution in [-0.4, -0.2) is 25.0 Å². The fourth-order valence-electron chi connectivity index (χ4n) is 1.80. The Bertz CT molecular complexity index is 719. The van der Waals surface area contributed by atoms with Gasteiger partial charge in [-0.25, -0.2) is 0 Å². The molecule has 0 N–H and O–H groups in total. The Kier molecular flexibility index (Phi) is 4.19. The minimum atomic E-state index is -0.439. The molecule has 1 aromatic carbocycles. The number of hydrogen-bond acceptors (Lipinski definition) is 5. The Hall–Kier alpha value is -2.87. The van der Waals surface area contributed by atoms with Crippen LogP contribution in [0, 0.1) is 18.3 Å². The van der Waals surface area contributed by atoms with Gasteiger partial charge in [-0.2, -0.15) is 5.26 Å². The summed E-state index contributed by atoms with van der Waals surface area (Å²) in [5.74, 6) is 0.0945. The second-order valence-electron chi connectivity index (χ2n) is 4.81. The number of aryl methyl sites for hydroxylation is 1. The maximum atomic E-state index is 12.1. The molecule has 0 fully saturated rings. The van der Waals surface area contributed by atoms with Gasteiger partial charge >= 0.3 is 0 Å². The lowest BCUT2D eigenvalue weighted by molar-refractivity contribution is 0.103. The molecule has 0 aliphatic heterocycles. The Morgan fingerprint density at radius 2 is 2.00 bits per heavy atom. The number of nitrogens with zero attached hydrogens (tertiary/aromatic N) is 3. The number of carbonyl (C=O) groups is 1. The summed E-state index contributed by atoms with van der Waals surface area (Å²) in [5.41, 5.74) is 2.00. The topological polar surface area (TPSA) is 70.1 Å². The van der Waals surface area contributed by atoms with Crippen LogP contribution < -0.4 is 4.90 Å². The molecule has 2 rings (SSSR count). The third kappa shape index (κ3) is 3.37. The van der Waals surface area contributed by atoms with E-state index in [1.54, 1.807) is 13.0 Å². The van der Waals surface area contributed by atoms with Crippen LogP contribution in [0.5, 0.6) is 0 Å². The first-order chi connectivity index (χ1) is 10.0. The third-order valence-corrected chi connectivity index (χ3v) is 2.95. The SMILES string of the molecule is Cc1cc(C(=O)C(C#N)=Cc2ccc(N(C)C)cc2)no1. The summed E-state index contributed by atoms with van der Waals surface area (Å²) in [6.07, 6.45) is 1.55. The second kappa shape index (κ2) is 6.06. The van der Waals surface area contributed by atoms with Crippen molar-refractivity contribution in [1.29, 1.82) is 5.26 Å². The highest BCUT2D eigenvalue weighted by molar-refractivity contribution is 6.12. The number of hydrogen-bond donors (Lipinski definition) is 0. The highest BCUT2D eigenvalue weighted by Crippen LogP contribution is 2.16. The van der Waals surface area contributed by atoms with E-state index in [0.717, 1.165) is 11.3 Å². The smallest absolute Gasteiger partial charge is 0.225 e. The van der Waals surface area contributed by atoms with Gasteiger partial charge in [0.1, 0.15) is 17.4 Å². The number of aromatic nitrogens is 1. The minimum absolute atomic E-state index is 0.0286. The van der Waals surface area contributed by atoms with Gasteiger partial charge in [0.05, 0.1) is 0 Å². The fraction of sp³-hybridized carbons (Fsp3) is 0.188. The van der Waals surface area contributed by atoms with Crippen molar-refractivity contribution in [3.05, 3.63) is 52.9 Å². The number of nitriles is 1. The van der Waals surface area contributed by atoms with E-state index in [1.165, 1.54) is 6.07 Å². The molecule has 0 amide bonds. The summed E-state index contributed by atoms with van der Waals surface area (Å²) < 4.78 is 4.86. The number of rotatable bonds is 4. The van der Waals surface area contributed by atoms with Crippen LogP contribution in [0.1, 0.15) is 21.8 Å². The van der Waals surface area contributed by atoms with Crippen LogP contribution in [0.15, 0.2) is 40.4 Å². The quantitative estimate of drug-likeness (QED) is 0.489. The molecule has 1 heterocycles. The molecule has 1 aromatic heterocycles. The lowest BCUT2D eigenvalue weighted by atomic mass is 10.1. The molecule has 5 heteroatoms. The van der Waals surface area contributed by atoms with Crippen molar-refractivity contribution in [2.24, 2.45) is 0 Å². The van der Waals surface area contributed by atoms with Crippen molar-refractivity contribution in [3.63, 3.8) is 0 Å².